The maximum Gasteiger partial charge on any atom is 0.278 e. The van der Waals surface area contributed by atoms with Crippen LogP contribution in [0.25, 0.3) is 11.1 Å². The number of rotatable bonds is 4. The quantitative estimate of drug-likeness (QED) is 0.754. The van der Waals surface area contributed by atoms with Crippen LogP contribution < -0.4 is 5.32 Å². The van der Waals surface area contributed by atoms with Crippen LogP contribution in [0, 0.1) is 0 Å². The molecular formula is C25H23N3O4. The third-order valence-corrected chi connectivity index (χ3v) is 6.31. The number of carbonyl (C=O) groups is 4. The van der Waals surface area contributed by atoms with Gasteiger partial charge < -0.3 is 4.90 Å². The Hall–Kier alpha value is -3.74. The Morgan fingerprint density at radius 1 is 0.844 bits per heavy atom. The summed E-state index contributed by atoms with van der Waals surface area (Å²) in [4.78, 5) is 53.1. The van der Waals surface area contributed by atoms with Gasteiger partial charge in [-0.2, -0.15) is 0 Å². The summed E-state index contributed by atoms with van der Waals surface area (Å²) in [5.74, 6) is -1.78. The van der Waals surface area contributed by atoms with Gasteiger partial charge in [0.1, 0.15) is 11.7 Å². The summed E-state index contributed by atoms with van der Waals surface area (Å²) in [5.41, 5.74) is 4.17. The Morgan fingerprint density at radius 3 is 2.28 bits per heavy atom. The Morgan fingerprint density at radius 2 is 1.56 bits per heavy atom. The first-order valence-corrected chi connectivity index (χ1v) is 10.9. The highest BCUT2D eigenvalue weighted by atomic mass is 16.2. The number of amides is 4. The van der Waals surface area contributed by atoms with E-state index in [-0.39, 0.29) is 18.7 Å². The average molecular weight is 429 g/mol. The first kappa shape index (κ1) is 20.2. The Bertz CT molecular complexity index is 1140. The van der Waals surface area contributed by atoms with Crippen molar-refractivity contribution in [2.45, 2.75) is 38.3 Å². The fourth-order valence-corrected chi connectivity index (χ4v) is 4.72. The molecule has 2 aromatic rings. The van der Waals surface area contributed by atoms with E-state index >= 15 is 0 Å². The molecule has 3 aliphatic rings. The van der Waals surface area contributed by atoms with Crippen LogP contribution in [0.15, 0.2) is 65.9 Å². The zero-order valence-electron chi connectivity index (χ0n) is 17.5. The molecule has 3 aliphatic heterocycles. The Kier molecular flexibility index (Phi) is 5.09. The summed E-state index contributed by atoms with van der Waals surface area (Å²) in [5, 5.41) is 2.24. The molecule has 4 amide bonds. The number of nitrogens with one attached hydrogen (secondary N) is 1. The van der Waals surface area contributed by atoms with Gasteiger partial charge in [-0.1, -0.05) is 54.6 Å². The van der Waals surface area contributed by atoms with Crippen LogP contribution in [-0.2, 0) is 25.7 Å². The highest BCUT2D eigenvalue weighted by Crippen LogP contribution is 2.34. The monoisotopic (exact) mass is 429 g/mol. The molecule has 0 spiro atoms. The maximum absolute atomic E-state index is 13.3. The molecule has 162 valence electrons. The zero-order chi connectivity index (χ0) is 22.2. The number of hydrogen-bond acceptors (Lipinski definition) is 5. The molecule has 1 fully saturated rings. The Labute approximate surface area is 185 Å². The minimum absolute atomic E-state index is 0.121. The van der Waals surface area contributed by atoms with Gasteiger partial charge in [0.25, 0.3) is 11.8 Å². The SMILES string of the molecule is O=C1CCC(N2C(=O)C3=C(C2=O)N(Cc2ccc(-c4ccccc4)cc2)CCC3)C(=O)N1. The van der Waals surface area contributed by atoms with Gasteiger partial charge in [-0.25, -0.2) is 0 Å². The first-order valence-electron chi connectivity index (χ1n) is 10.9. The minimum Gasteiger partial charge on any atom is -0.362 e. The van der Waals surface area contributed by atoms with Crippen LogP contribution in [0.2, 0.25) is 0 Å². The third-order valence-electron chi connectivity index (χ3n) is 6.31. The number of nitrogens with zero attached hydrogens (tertiary/aromatic N) is 2. The van der Waals surface area contributed by atoms with Crippen molar-refractivity contribution >= 4 is 23.6 Å². The van der Waals surface area contributed by atoms with Crippen LogP contribution in [0.1, 0.15) is 31.2 Å². The molecule has 2 aromatic carbocycles. The fraction of sp³-hybridized carbons (Fsp3) is 0.280. The van der Waals surface area contributed by atoms with Gasteiger partial charge >= 0.3 is 0 Å². The number of imide groups is 2. The highest BCUT2D eigenvalue weighted by molar-refractivity contribution is 6.21. The molecule has 0 aromatic heterocycles. The van der Waals surface area contributed by atoms with E-state index in [1.807, 2.05) is 35.2 Å². The normalized spacial score (nSPS) is 21.2. The predicted molar refractivity (Wildman–Crippen MR) is 117 cm³/mol. The molecule has 7 nitrogen and oxygen atoms in total. The number of hydrogen-bond donors (Lipinski definition) is 1. The van der Waals surface area contributed by atoms with E-state index in [2.05, 4.69) is 29.6 Å². The van der Waals surface area contributed by atoms with Crippen molar-refractivity contribution in [3.63, 3.8) is 0 Å². The predicted octanol–water partition coefficient (Wildman–Crippen LogP) is 2.38. The lowest BCUT2D eigenvalue weighted by Crippen LogP contribution is -2.55. The fourth-order valence-electron chi connectivity index (χ4n) is 4.72. The molecule has 1 unspecified atom stereocenters. The molecule has 7 heteroatoms. The van der Waals surface area contributed by atoms with Gasteiger partial charge in [0.2, 0.25) is 11.8 Å². The van der Waals surface area contributed by atoms with Crippen LogP contribution >= 0.6 is 0 Å². The topological polar surface area (TPSA) is 86.8 Å². The average Bonchev–Trinajstić information content (AvgIpc) is 3.06. The molecular weight excluding hydrogens is 406 g/mol. The molecule has 0 bridgehead atoms. The molecule has 1 atom stereocenters. The van der Waals surface area contributed by atoms with E-state index in [0.29, 0.717) is 30.8 Å². The van der Waals surface area contributed by atoms with Crippen molar-refractivity contribution in [3.05, 3.63) is 71.4 Å². The van der Waals surface area contributed by atoms with Crippen molar-refractivity contribution in [2.24, 2.45) is 0 Å². The van der Waals surface area contributed by atoms with Gasteiger partial charge in [-0.15, -0.1) is 0 Å². The van der Waals surface area contributed by atoms with E-state index in [1.165, 1.54) is 0 Å². The molecule has 3 heterocycles. The summed E-state index contributed by atoms with van der Waals surface area (Å²) >= 11 is 0. The number of piperidine rings is 1. The lowest BCUT2D eigenvalue weighted by molar-refractivity contribution is -0.150. The van der Waals surface area contributed by atoms with Crippen molar-refractivity contribution in [1.82, 2.24) is 15.1 Å². The van der Waals surface area contributed by atoms with Crippen molar-refractivity contribution < 1.29 is 19.2 Å². The van der Waals surface area contributed by atoms with E-state index in [0.717, 1.165) is 28.0 Å². The van der Waals surface area contributed by atoms with Crippen LogP contribution in [0.4, 0.5) is 0 Å². The summed E-state index contributed by atoms with van der Waals surface area (Å²) in [6, 6.07) is 17.4. The largest absolute Gasteiger partial charge is 0.362 e. The summed E-state index contributed by atoms with van der Waals surface area (Å²) in [6.45, 7) is 1.18. The molecule has 0 saturated carbocycles. The summed E-state index contributed by atoms with van der Waals surface area (Å²) in [7, 11) is 0. The second-order valence-electron chi connectivity index (χ2n) is 8.36. The van der Waals surface area contributed by atoms with Crippen molar-refractivity contribution in [3.8, 4) is 11.1 Å². The number of benzene rings is 2. The Balaban J connectivity index is 1.36. The van der Waals surface area contributed by atoms with Crippen molar-refractivity contribution in [2.75, 3.05) is 6.54 Å². The van der Waals surface area contributed by atoms with E-state index in [1.54, 1.807) is 0 Å². The first-order chi connectivity index (χ1) is 15.5. The molecule has 1 saturated heterocycles. The van der Waals surface area contributed by atoms with Crippen molar-refractivity contribution in [1.29, 1.82) is 0 Å². The van der Waals surface area contributed by atoms with Gasteiger partial charge in [-0.3, -0.25) is 29.4 Å². The molecule has 5 rings (SSSR count). The summed E-state index contributed by atoms with van der Waals surface area (Å²) in [6.07, 6.45) is 1.58. The van der Waals surface area contributed by atoms with Crippen LogP contribution in [0.5, 0.6) is 0 Å². The molecule has 1 N–H and O–H groups in total. The van der Waals surface area contributed by atoms with E-state index in [4.69, 9.17) is 0 Å². The van der Waals surface area contributed by atoms with Gasteiger partial charge in [0.05, 0.1) is 0 Å². The van der Waals surface area contributed by atoms with E-state index < -0.39 is 23.8 Å². The second kappa shape index (κ2) is 8.07. The van der Waals surface area contributed by atoms with E-state index in [9.17, 15) is 19.2 Å². The minimum atomic E-state index is -0.926. The molecule has 0 radical (unpaired) electrons. The van der Waals surface area contributed by atoms with Crippen LogP contribution in [0.3, 0.4) is 0 Å². The lowest BCUT2D eigenvalue weighted by atomic mass is 10.0. The van der Waals surface area contributed by atoms with Gasteiger partial charge in [0.15, 0.2) is 0 Å². The van der Waals surface area contributed by atoms with Gasteiger partial charge in [0, 0.05) is 25.1 Å². The highest BCUT2D eigenvalue weighted by Gasteiger charge is 2.48. The lowest BCUT2D eigenvalue weighted by Gasteiger charge is -2.30. The smallest absolute Gasteiger partial charge is 0.278 e. The molecule has 32 heavy (non-hydrogen) atoms. The van der Waals surface area contributed by atoms with Gasteiger partial charge in [-0.05, 0) is 36.0 Å². The standard InChI is InChI=1S/C25H23N3O4/c29-21-13-12-20(23(30)26-21)28-24(31)19-7-4-14-27(22(19)25(28)32)15-16-8-10-18(11-9-16)17-5-2-1-3-6-17/h1-3,5-6,8-11,20H,4,7,12-15H2,(H,26,29,30). The third kappa shape index (κ3) is 3.49. The second-order valence-corrected chi connectivity index (χ2v) is 8.36. The molecule has 0 aliphatic carbocycles. The van der Waals surface area contributed by atoms with Crippen LogP contribution in [-0.4, -0.2) is 46.0 Å². The maximum atomic E-state index is 13.3. The zero-order valence-corrected chi connectivity index (χ0v) is 17.5. The summed E-state index contributed by atoms with van der Waals surface area (Å²) < 4.78 is 0. The number of carbonyl (C=O) groups excluding carboxylic acids is 4.